The Morgan fingerprint density at radius 2 is 2.07 bits per heavy atom. The number of fused-ring (bicyclic) bond motifs is 4. The summed E-state index contributed by atoms with van der Waals surface area (Å²) in [6.45, 7) is 1.51. The Hall–Kier alpha value is -3.35. The minimum atomic E-state index is 0.651. The second kappa shape index (κ2) is 6.42. The van der Waals surface area contributed by atoms with Crippen molar-refractivity contribution in [3.05, 3.63) is 48.0 Å². The molecule has 3 aromatic heterocycles. The Morgan fingerprint density at radius 1 is 1.11 bits per heavy atom. The highest BCUT2D eigenvalue weighted by Gasteiger charge is 2.14. The van der Waals surface area contributed by atoms with Crippen molar-refractivity contribution in [2.24, 2.45) is 7.05 Å². The molecule has 0 aliphatic carbocycles. The van der Waals surface area contributed by atoms with Crippen molar-refractivity contribution in [2.45, 2.75) is 19.4 Å². The van der Waals surface area contributed by atoms with Crippen LogP contribution in [0.4, 0.5) is 0 Å². The first-order valence-electron chi connectivity index (χ1n) is 9.13. The van der Waals surface area contributed by atoms with E-state index in [1.165, 1.54) is 0 Å². The van der Waals surface area contributed by atoms with Crippen LogP contribution >= 0.6 is 0 Å². The summed E-state index contributed by atoms with van der Waals surface area (Å²) in [5, 5.41) is 17.4. The Balaban J connectivity index is 1.66. The Labute approximate surface area is 156 Å². The number of nitrogens with one attached hydrogen (secondary N) is 1. The van der Waals surface area contributed by atoms with Crippen molar-refractivity contribution in [1.82, 2.24) is 29.8 Å². The van der Waals surface area contributed by atoms with E-state index < -0.39 is 0 Å². The van der Waals surface area contributed by atoms with Gasteiger partial charge in [-0.15, -0.1) is 0 Å². The molecule has 1 aliphatic heterocycles. The summed E-state index contributed by atoms with van der Waals surface area (Å²) in [5.74, 6) is 0.796. The van der Waals surface area contributed by atoms with Gasteiger partial charge in [-0.25, -0.2) is 4.68 Å². The summed E-state index contributed by atoms with van der Waals surface area (Å²) < 4.78 is 9.90. The van der Waals surface area contributed by atoms with Crippen molar-refractivity contribution >= 4 is 23.1 Å². The van der Waals surface area contributed by atoms with E-state index in [0.29, 0.717) is 6.61 Å². The molecule has 1 N–H and O–H groups in total. The number of rotatable bonds is 0. The van der Waals surface area contributed by atoms with E-state index in [-0.39, 0.29) is 0 Å². The van der Waals surface area contributed by atoms with Crippen molar-refractivity contribution in [3.8, 4) is 17.0 Å². The number of aromatic amines is 1. The molecule has 7 nitrogen and oxygen atoms in total. The number of hydrogen-bond acceptors (Lipinski definition) is 4. The number of ether oxygens (including phenoxy) is 1. The third-order valence-corrected chi connectivity index (χ3v) is 4.95. The van der Waals surface area contributed by atoms with Gasteiger partial charge in [0.25, 0.3) is 0 Å². The molecule has 5 rings (SSSR count). The molecule has 0 fully saturated rings. The number of benzene rings is 1. The molecule has 1 aliphatic rings. The fourth-order valence-corrected chi connectivity index (χ4v) is 3.49. The van der Waals surface area contributed by atoms with Gasteiger partial charge < -0.3 is 4.74 Å². The third kappa shape index (κ3) is 2.81. The number of aryl methyl sites for hydroxylation is 2. The van der Waals surface area contributed by atoms with Crippen molar-refractivity contribution in [3.63, 3.8) is 0 Å². The standard InChI is InChI=1S/C20H20N6O/c1-25-20-17(13-22-25)14-4-6-18-16(12-14)19(24-23-18)7-5-15-8-9-21-26(15)10-2-3-11-27-20/h4-9,12-13H,2-3,10-11H2,1H3,(H,23,24)/b7-5+. The van der Waals surface area contributed by atoms with E-state index >= 15 is 0 Å². The van der Waals surface area contributed by atoms with Gasteiger partial charge in [0.2, 0.25) is 5.88 Å². The topological polar surface area (TPSA) is 73.6 Å². The maximum atomic E-state index is 6.08. The van der Waals surface area contributed by atoms with E-state index in [1.54, 1.807) is 4.68 Å². The van der Waals surface area contributed by atoms with Crippen molar-refractivity contribution < 1.29 is 4.74 Å². The van der Waals surface area contributed by atoms with Gasteiger partial charge in [-0.3, -0.25) is 9.78 Å². The number of H-pyrrole nitrogens is 1. The summed E-state index contributed by atoms with van der Waals surface area (Å²) in [6, 6.07) is 8.25. The Kier molecular flexibility index (Phi) is 3.78. The normalized spacial score (nSPS) is 15.6. The monoisotopic (exact) mass is 360 g/mol. The molecule has 4 heterocycles. The maximum absolute atomic E-state index is 6.08. The van der Waals surface area contributed by atoms with Crippen LogP contribution in [0, 0.1) is 0 Å². The van der Waals surface area contributed by atoms with E-state index in [1.807, 2.05) is 36.3 Å². The smallest absolute Gasteiger partial charge is 0.219 e. The summed E-state index contributed by atoms with van der Waals surface area (Å²) in [7, 11) is 1.91. The van der Waals surface area contributed by atoms with E-state index in [0.717, 1.165) is 58.7 Å². The Morgan fingerprint density at radius 3 is 3.04 bits per heavy atom. The lowest BCUT2D eigenvalue weighted by Gasteiger charge is -2.10. The lowest BCUT2D eigenvalue weighted by molar-refractivity contribution is 0.278. The molecule has 7 heteroatoms. The quantitative estimate of drug-likeness (QED) is 0.521. The largest absolute Gasteiger partial charge is 0.477 e. The van der Waals surface area contributed by atoms with Gasteiger partial charge in [0.1, 0.15) is 0 Å². The molecule has 2 bridgehead atoms. The fourth-order valence-electron chi connectivity index (χ4n) is 3.49. The average molecular weight is 360 g/mol. The molecule has 0 spiro atoms. The molecule has 0 unspecified atom stereocenters. The minimum absolute atomic E-state index is 0.651. The third-order valence-electron chi connectivity index (χ3n) is 4.95. The molecule has 0 atom stereocenters. The van der Waals surface area contributed by atoms with Crippen LogP contribution in [0.3, 0.4) is 0 Å². The van der Waals surface area contributed by atoms with E-state index in [2.05, 4.69) is 44.7 Å². The van der Waals surface area contributed by atoms with Gasteiger partial charge in [-0.1, -0.05) is 6.07 Å². The van der Waals surface area contributed by atoms with Crippen LogP contribution < -0.4 is 4.74 Å². The van der Waals surface area contributed by atoms with Crippen molar-refractivity contribution in [2.75, 3.05) is 6.61 Å². The van der Waals surface area contributed by atoms with Gasteiger partial charge in [0.15, 0.2) is 0 Å². The number of nitrogens with zero attached hydrogens (tertiary/aromatic N) is 5. The highest BCUT2D eigenvalue weighted by Crippen LogP contribution is 2.32. The highest BCUT2D eigenvalue weighted by molar-refractivity contribution is 5.92. The van der Waals surface area contributed by atoms with Gasteiger partial charge >= 0.3 is 0 Å². The molecule has 27 heavy (non-hydrogen) atoms. The first kappa shape index (κ1) is 15.9. The lowest BCUT2D eigenvalue weighted by atomic mass is 10.1. The number of aromatic nitrogens is 6. The van der Waals surface area contributed by atoms with Crippen LogP contribution in [0.2, 0.25) is 0 Å². The maximum Gasteiger partial charge on any atom is 0.219 e. The van der Waals surface area contributed by atoms with Crippen molar-refractivity contribution in [1.29, 1.82) is 0 Å². The number of hydrogen-bond donors (Lipinski definition) is 1. The summed E-state index contributed by atoms with van der Waals surface area (Å²) in [4.78, 5) is 0. The van der Waals surface area contributed by atoms with Gasteiger partial charge in [0.05, 0.1) is 35.3 Å². The molecule has 0 saturated heterocycles. The predicted octanol–water partition coefficient (Wildman–Crippen LogP) is 3.50. The van der Waals surface area contributed by atoms with Crippen LogP contribution in [-0.2, 0) is 13.6 Å². The van der Waals surface area contributed by atoms with Crippen LogP contribution in [-0.4, -0.2) is 36.4 Å². The first-order chi connectivity index (χ1) is 13.3. The lowest BCUT2D eigenvalue weighted by Crippen LogP contribution is -2.06. The molecule has 136 valence electrons. The second-order valence-electron chi connectivity index (χ2n) is 6.72. The molecule has 0 saturated carbocycles. The molecule has 0 radical (unpaired) electrons. The van der Waals surface area contributed by atoms with Gasteiger partial charge in [0, 0.05) is 25.2 Å². The predicted molar refractivity (Wildman–Crippen MR) is 104 cm³/mol. The zero-order valence-corrected chi connectivity index (χ0v) is 15.1. The highest BCUT2D eigenvalue weighted by atomic mass is 16.5. The molecule has 1 aromatic carbocycles. The van der Waals surface area contributed by atoms with E-state index in [4.69, 9.17) is 4.74 Å². The van der Waals surface area contributed by atoms with Crippen LogP contribution in [0.25, 0.3) is 34.2 Å². The average Bonchev–Trinajstić information content (AvgIpc) is 3.38. The van der Waals surface area contributed by atoms with Crippen LogP contribution in [0.5, 0.6) is 5.88 Å². The van der Waals surface area contributed by atoms with Gasteiger partial charge in [-0.2, -0.15) is 15.3 Å². The van der Waals surface area contributed by atoms with E-state index in [9.17, 15) is 0 Å². The summed E-state index contributed by atoms with van der Waals surface area (Å²) >= 11 is 0. The van der Waals surface area contributed by atoms with Gasteiger partial charge in [-0.05, 0) is 48.8 Å². The zero-order chi connectivity index (χ0) is 18.2. The summed E-state index contributed by atoms with van der Waals surface area (Å²) in [5.41, 5.74) is 5.06. The Bertz CT molecular complexity index is 1130. The summed E-state index contributed by atoms with van der Waals surface area (Å²) in [6.07, 6.45) is 9.79. The SMILES string of the molecule is Cn1ncc2c1OCCCCn1nccc1/C=C/c1[nH]nc3ccc-2cc13. The molecule has 0 amide bonds. The van der Waals surface area contributed by atoms with Crippen LogP contribution in [0.1, 0.15) is 24.2 Å². The minimum Gasteiger partial charge on any atom is -0.477 e. The zero-order valence-electron chi connectivity index (χ0n) is 15.1. The second-order valence-corrected chi connectivity index (χ2v) is 6.72. The fraction of sp³-hybridized carbons (Fsp3) is 0.250. The molecular formula is C20H20N6O. The molecular weight excluding hydrogens is 340 g/mol. The van der Waals surface area contributed by atoms with Crippen LogP contribution in [0.15, 0.2) is 36.7 Å². The first-order valence-corrected chi connectivity index (χ1v) is 9.13. The molecule has 4 aromatic rings.